The van der Waals surface area contributed by atoms with Gasteiger partial charge in [-0.05, 0) is 36.4 Å². The third-order valence-electron chi connectivity index (χ3n) is 2.77. The quantitative estimate of drug-likeness (QED) is 0.259. The first-order chi connectivity index (χ1) is 15.9. The zero-order chi connectivity index (χ0) is 25.0. The number of hydrogen-bond acceptors (Lipinski definition) is 3. The van der Waals surface area contributed by atoms with Crippen LogP contribution in [0.1, 0.15) is 0 Å². The second kappa shape index (κ2) is 30.9. The predicted octanol–water partition coefficient (Wildman–Crippen LogP) is 5.26. The normalized spacial score (nSPS) is 7.12. The summed E-state index contributed by atoms with van der Waals surface area (Å²) in [6.07, 6.45) is 0. The second-order valence-electron chi connectivity index (χ2n) is 4.44. The van der Waals surface area contributed by atoms with E-state index in [9.17, 15) is 0 Å². The van der Waals surface area contributed by atoms with Crippen LogP contribution in [-0.2, 0) is 40.6 Å². The Balaban J connectivity index is -0.000000340. The van der Waals surface area contributed by atoms with Gasteiger partial charge < -0.3 is 13.6 Å². The molecule has 0 bridgehead atoms. The molecule has 0 atom stereocenters. The van der Waals surface area contributed by atoms with Gasteiger partial charge >= 0.3 is 65.1 Å². The van der Waals surface area contributed by atoms with Crippen LogP contribution in [0.15, 0.2) is 91.0 Å². The van der Waals surface area contributed by atoms with Crippen molar-refractivity contribution in [1.29, 1.82) is 0 Å². The van der Waals surface area contributed by atoms with E-state index >= 15 is 0 Å². The molecule has 0 saturated carbocycles. The molecule has 10 heteroatoms. The minimum atomic E-state index is -1.59. The molecule has 0 aromatic heterocycles. The molecule has 0 aliphatic rings. The first kappa shape index (κ1) is 37.1. The topological polar surface area (TPSA) is 127 Å². The van der Waals surface area contributed by atoms with Crippen LogP contribution in [0.5, 0.6) is 17.2 Å². The Bertz CT molecular complexity index is 764. The molecule has 166 valence electrons. The van der Waals surface area contributed by atoms with Crippen molar-refractivity contribution in [2.75, 3.05) is 0 Å². The van der Waals surface area contributed by atoms with Gasteiger partial charge in [0.15, 0.2) is 0 Å². The van der Waals surface area contributed by atoms with Crippen molar-refractivity contribution in [1.82, 2.24) is 0 Å². The molecule has 8 nitrogen and oxygen atoms in total. The maximum Gasteiger partial charge on any atom is 0.530 e. The molecular formula is C23H15CrO8P. The van der Waals surface area contributed by atoms with Gasteiger partial charge in [0, 0.05) is 17.4 Å². The SMILES string of the molecule is [C-]#[O+].[C-]#[O+].[C-]#[O+].[C-]#[O+].[C-]#[O+].[Cr].c1ccc(OP(Oc2ccccc2)Oc2ccccc2)cc1. The Morgan fingerprint density at radius 2 is 0.576 bits per heavy atom. The molecular weight excluding hydrogens is 487 g/mol. The smallest absolute Gasteiger partial charge is 0.409 e. The molecule has 0 saturated heterocycles. The summed E-state index contributed by atoms with van der Waals surface area (Å²) in [6, 6.07) is 28.5. The zero-order valence-electron chi connectivity index (χ0n) is 16.8. The molecule has 0 aliphatic heterocycles. The maximum absolute atomic E-state index is 7.50. The average Bonchev–Trinajstić information content (AvgIpc) is 2.92. The van der Waals surface area contributed by atoms with Crippen LogP contribution in [-0.4, -0.2) is 0 Å². The van der Waals surface area contributed by atoms with Crippen molar-refractivity contribution < 1.29 is 54.2 Å². The first-order valence-electron chi connectivity index (χ1n) is 7.91. The van der Waals surface area contributed by atoms with E-state index in [2.05, 4.69) is 33.3 Å². The predicted molar refractivity (Wildman–Crippen MR) is 108 cm³/mol. The van der Waals surface area contributed by atoms with Crippen LogP contribution in [0.2, 0.25) is 0 Å². The van der Waals surface area contributed by atoms with E-state index in [0.717, 1.165) is 0 Å². The zero-order valence-corrected chi connectivity index (χ0v) is 19.0. The van der Waals surface area contributed by atoms with E-state index in [-0.39, 0.29) is 17.4 Å². The molecule has 0 unspecified atom stereocenters. The van der Waals surface area contributed by atoms with Crippen molar-refractivity contribution in [3.05, 3.63) is 124 Å². The summed E-state index contributed by atoms with van der Waals surface area (Å²) < 4.78 is 55.0. The Hall–Kier alpha value is -3.28. The molecule has 3 aromatic carbocycles. The number of rotatable bonds is 6. The molecule has 0 heterocycles. The maximum atomic E-state index is 7.50. The Labute approximate surface area is 204 Å². The molecule has 0 radical (unpaired) electrons. The Morgan fingerprint density at radius 3 is 0.758 bits per heavy atom. The number of hydrogen-bond donors (Lipinski definition) is 0. The molecule has 3 rings (SSSR count). The van der Waals surface area contributed by atoms with Gasteiger partial charge in [-0.2, -0.15) is 0 Å². The van der Waals surface area contributed by atoms with E-state index in [4.69, 9.17) is 36.8 Å². The van der Waals surface area contributed by atoms with E-state index in [0.29, 0.717) is 17.2 Å². The summed E-state index contributed by atoms with van der Waals surface area (Å²) in [5.41, 5.74) is 0. The van der Waals surface area contributed by atoms with Crippen LogP contribution in [0.4, 0.5) is 0 Å². The molecule has 0 N–H and O–H groups in total. The van der Waals surface area contributed by atoms with E-state index in [1.807, 2.05) is 91.0 Å². The molecule has 33 heavy (non-hydrogen) atoms. The monoisotopic (exact) mass is 502 g/mol. The van der Waals surface area contributed by atoms with Crippen LogP contribution in [0.25, 0.3) is 0 Å². The second-order valence-corrected chi connectivity index (χ2v) is 5.43. The summed E-state index contributed by atoms with van der Waals surface area (Å²) in [6.45, 7) is 22.5. The van der Waals surface area contributed by atoms with E-state index in [1.165, 1.54) is 0 Å². The van der Waals surface area contributed by atoms with E-state index < -0.39 is 8.60 Å². The fraction of sp³-hybridized carbons (Fsp3) is 0. The fourth-order valence-electron chi connectivity index (χ4n) is 1.76. The van der Waals surface area contributed by atoms with Crippen LogP contribution in [0, 0.1) is 33.3 Å². The van der Waals surface area contributed by atoms with Gasteiger partial charge in [0.2, 0.25) is 0 Å². The Morgan fingerprint density at radius 1 is 0.394 bits per heavy atom. The van der Waals surface area contributed by atoms with Crippen molar-refractivity contribution in [3.8, 4) is 17.2 Å². The van der Waals surface area contributed by atoms with Crippen molar-refractivity contribution in [2.45, 2.75) is 0 Å². The van der Waals surface area contributed by atoms with E-state index in [1.54, 1.807) is 0 Å². The van der Waals surface area contributed by atoms with Gasteiger partial charge in [0.1, 0.15) is 17.2 Å². The average molecular weight is 502 g/mol. The minimum absolute atomic E-state index is 0. The largest absolute Gasteiger partial charge is 0.530 e. The molecule has 0 spiro atoms. The van der Waals surface area contributed by atoms with Gasteiger partial charge in [-0.1, -0.05) is 54.6 Å². The number of benzene rings is 3. The molecule has 0 amide bonds. The fourth-order valence-corrected chi connectivity index (χ4v) is 2.75. The molecule has 0 fully saturated rings. The molecule has 3 aromatic rings. The van der Waals surface area contributed by atoms with Gasteiger partial charge in [0.05, 0.1) is 0 Å². The van der Waals surface area contributed by atoms with Gasteiger partial charge in [-0.3, -0.25) is 0 Å². The summed E-state index contributed by atoms with van der Waals surface area (Å²) in [5.74, 6) is 2.13. The standard InChI is InChI=1S/C18H15O3P.5CO.Cr/c1-4-10-16(11-5-1)19-22(20-17-12-6-2-7-13-17)21-18-14-8-3-9-15-18;5*1-2;/h1-15H;;;;;;. The van der Waals surface area contributed by atoms with Gasteiger partial charge in [-0.25, -0.2) is 0 Å². The first-order valence-corrected chi connectivity index (χ1v) is 9.01. The Kier molecular flexibility index (Phi) is 34.7. The van der Waals surface area contributed by atoms with Crippen LogP contribution < -0.4 is 13.6 Å². The number of para-hydroxylation sites is 3. The van der Waals surface area contributed by atoms with Crippen molar-refractivity contribution in [2.24, 2.45) is 0 Å². The minimum Gasteiger partial charge on any atom is -0.409 e. The van der Waals surface area contributed by atoms with Crippen LogP contribution in [0.3, 0.4) is 0 Å². The summed E-state index contributed by atoms with van der Waals surface area (Å²) in [4.78, 5) is 0. The van der Waals surface area contributed by atoms with Gasteiger partial charge in [0.25, 0.3) is 0 Å². The van der Waals surface area contributed by atoms with Crippen molar-refractivity contribution >= 4 is 8.60 Å². The van der Waals surface area contributed by atoms with Crippen molar-refractivity contribution in [3.63, 3.8) is 0 Å². The van der Waals surface area contributed by atoms with Crippen LogP contribution >= 0.6 is 8.60 Å². The third kappa shape index (κ3) is 19.2. The summed E-state index contributed by atoms with van der Waals surface area (Å²) in [7, 11) is -1.59. The third-order valence-corrected chi connectivity index (χ3v) is 3.85. The summed E-state index contributed by atoms with van der Waals surface area (Å²) in [5, 5.41) is 0. The summed E-state index contributed by atoms with van der Waals surface area (Å²) >= 11 is 0. The van der Waals surface area contributed by atoms with Gasteiger partial charge in [-0.15, -0.1) is 0 Å². The molecule has 0 aliphatic carbocycles.